The van der Waals surface area contributed by atoms with Gasteiger partial charge < -0.3 is 14.2 Å². The van der Waals surface area contributed by atoms with Gasteiger partial charge in [0, 0.05) is 19.3 Å². The zero-order valence-corrected chi connectivity index (χ0v) is 46.7. The standard InChI is InChI=1S/C65H112O6/c1-4-7-10-13-16-19-22-25-27-29-31-32-34-35-37-40-43-46-49-52-55-58-64(67)70-61-62(60-69-63(66)57-54-51-48-45-42-39-24-21-18-15-12-9-6-3)71-65(68)59-56-53-50-47-44-41-38-36-33-30-28-26-23-20-17-14-11-8-5-2/h8,11,17,20-21,24,26,28-29,31,33,36,41,44,62H,4-7,9-10,12-16,18-19,22-23,25,27,30,32,34-35,37-40,42-43,45-61H2,1-3H3/b11-8-,20-17-,24-21-,28-26-,31-29-,36-33-,44-41-. The normalized spacial score (nSPS) is 12.7. The summed E-state index contributed by atoms with van der Waals surface area (Å²) in [6.07, 6.45) is 77.2. The van der Waals surface area contributed by atoms with Crippen molar-refractivity contribution in [1.29, 1.82) is 0 Å². The van der Waals surface area contributed by atoms with Crippen molar-refractivity contribution in [2.75, 3.05) is 13.2 Å². The minimum absolute atomic E-state index is 0.0931. The molecule has 0 aliphatic carbocycles. The van der Waals surface area contributed by atoms with Gasteiger partial charge in [-0.1, -0.05) is 241 Å². The highest BCUT2D eigenvalue weighted by Crippen LogP contribution is 2.15. The van der Waals surface area contributed by atoms with Crippen molar-refractivity contribution < 1.29 is 28.6 Å². The summed E-state index contributed by atoms with van der Waals surface area (Å²) in [6.45, 7) is 6.49. The molecule has 6 nitrogen and oxygen atoms in total. The van der Waals surface area contributed by atoms with Crippen LogP contribution in [0.1, 0.15) is 290 Å². The number of allylic oxidation sites excluding steroid dienone is 14. The minimum Gasteiger partial charge on any atom is -0.462 e. The molecule has 0 spiro atoms. The van der Waals surface area contributed by atoms with E-state index in [1.54, 1.807) is 0 Å². The van der Waals surface area contributed by atoms with Gasteiger partial charge in [0.1, 0.15) is 13.2 Å². The van der Waals surface area contributed by atoms with Crippen LogP contribution in [-0.4, -0.2) is 37.2 Å². The van der Waals surface area contributed by atoms with E-state index >= 15 is 0 Å². The molecule has 1 atom stereocenters. The Kier molecular flexibility index (Phi) is 56.3. The Labute approximate surface area is 439 Å². The highest BCUT2D eigenvalue weighted by atomic mass is 16.6. The second-order valence-corrected chi connectivity index (χ2v) is 19.9. The van der Waals surface area contributed by atoms with Crippen LogP contribution >= 0.6 is 0 Å². The highest BCUT2D eigenvalue weighted by molar-refractivity contribution is 5.71. The average Bonchev–Trinajstić information content (AvgIpc) is 3.37. The van der Waals surface area contributed by atoms with Crippen molar-refractivity contribution in [1.82, 2.24) is 0 Å². The van der Waals surface area contributed by atoms with Gasteiger partial charge in [0.15, 0.2) is 6.10 Å². The summed E-state index contributed by atoms with van der Waals surface area (Å²) in [5.74, 6) is -0.929. The summed E-state index contributed by atoms with van der Waals surface area (Å²) in [5, 5.41) is 0. The third kappa shape index (κ3) is 57.4. The maximum absolute atomic E-state index is 12.9. The van der Waals surface area contributed by atoms with E-state index in [1.807, 2.05) is 0 Å². The van der Waals surface area contributed by atoms with Gasteiger partial charge in [0.2, 0.25) is 0 Å². The molecular weight excluding hydrogens is 877 g/mol. The summed E-state index contributed by atoms with van der Waals surface area (Å²) < 4.78 is 16.9. The molecular formula is C65H112O6. The first-order chi connectivity index (χ1) is 35.0. The van der Waals surface area contributed by atoms with Crippen molar-refractivity contribution in [3.63, 3.8) is 0 Å². The lowest BCUT2D eigenvalue weighted by Crippen LogP contribution is -2.30. The fourth-order valence-electron chi connectivity index (χ4n) is 8.34. The molecule has 71 heavy (non-hydrogen) atoms. The number of unbranched alkanes of at least 4 members (excludes halogenated alkanes) is 29. The van der Waals surface area contributed by atoms with Gasteiger partial charge in [0.25, 0.3) is 0 Å². The molecule has 408 valence electrons. The minimum atomic E-state index is -0.799. The van der Waals surface area contributed by atoms with Gasteiger partial charge in [-0.2, -0.15) is 0 Å². The summed E-state index contributed by atoms with van der Waals surface area (Å²) in [6, 6.07) is 0. The molecule has 0 fully saturated rings. The Balaban J connectivity index is 4.41. The molecule has 0 bridgehead atoms. The van der Waals surface area contributed by atoms with Crippen molar-refractivity contribution >= 4 is 17.9 Å². The van der Waals surface area contributed by atoms with Crippen LogP contribution in [0, 0.1) is 0 Å². The number of ether oxygens (including phenoxy) is 3. The Morgan fingerprint density at radius 2 is 0.549 bits per heavy atom. The Morgan fingerprint density at radius 1 is 0.296 bits per heavy atom. The van der Waals surface area contributed by atoms with E-state index < -0.39 is 6.10 Å². The molecule has 0 saturated heterocycles. The van der Waals surface area contributed by atoms with E-state index in [0.717, 1.165) is 103 Å². The maximum atomic E-state index is 12.9. The van der Waals surface area contributed by atoms with Crippen LogP contribution in [0.3, 0.4) is 0 Å². The van der Waals surface area contributed by atoms with E-state index in [9.17, 15) is 14.4 Å². The number of hydrogen-bond acceptors (Lipinski definition) is 6. The van der Waals surface area contributed by atoms with Gasteiger partial charge in [-0.05, 0) is 116 Å². The number of carbonyl (C=O) groups excluding carboxylic acids is 3. The first-order valence-electron chi connectivity index (χ1n) is 30.1. The molecule has 0 amide bonds. The number of hydrogen-bond donors (Lipinski definition) is 0. The van der Waals surface area contributed by atoms with E-state index in [0.29, 0.717) is 12.8 Å². The third-order valence-electron chi connectivity index (χ3n) is 12.9. The molecule has 0 radical (unpaired) electrons. The smallest absolute Gasteiger partial charge is 0.306 e. The van der Waals surface area contributed by atoms with Gasteiger partial charge in [-0.15, -0.1) is 0 Å². The van der Waals surface area contributed by atoms with E-state index in [2.05, 4.69) is 106 Å². The van der Waals surface area contributed by atoms with Gasteiger partial charge in [-0.25, -0.2) is 0 Å². The quantitative estimate of drug-likeness (QED) is 0.0261. The molecule has 0 N–H and O–H groups in total. The summed E-state index contributed by atoms with van der Waals surface area (Å²) in [4.78, 5) is 38.2. The summed E-state index contributed by atoms with van der Waals surface area (Å²) >= 11 is 0. The summed E-state index contributed by atoms with van der Waals surface area (Å²) in [7, 11) is 0. The van der Waals surface area contributed by atoms with Crippen LogP contribution in [0.25, 0.3) is 0 Å². The molecule has 1 unspecified atom stereocenters. The average molecular weight is 990 g/mol. The SMILES string of the molecule is CC/C=C\C/C=C\C/C=C\C/C=C\C/C=C\CCCCCC(=O)OC(COC(=O)CCCCCCC/C=C\CCCCCC)COC(=O)CCCCCCCCCCC/C=C\CCCCCCCCCC. The molecule has 0 aromatic heterocycles. The number of esters is 3. The van der Waals surface area contributed by atoms with Crippen LogP contribution in [0.15, 0.2) is 85.1 Å². The van der Waals surface area contributed by atoms with Crippen LogP contribution in [0.4, 0.5) is 0 Å². The lowest BCUT2D eigenvalue weighted by molar-refractivity contribution is -0.167. The first kappa shape index (κ1) is 67.6. The second kappa shape index (κ2) is 59.2. The predicted molar refractivity (Wildman–Crippen MR) is 307 cm³/mol. The topological polar surface area (TPSA) is 78.9 Å². The third-order valence-corrected chi connectivity index (χ3v) is 12.9. The van der Waals surface area contributed by atoms with E-state index in [-0.39, 0.29) is 37.5 Å². The first-order valence-corrected chi connectivity index (χ1v) is 30.1. The van der Waals surface area contributed by atoms with Crippen molar-refractivity contribution in [2.45, 2.75) is 297 Å². The number of rotatable bonds is 54. The number of carbonyl (C=O) groups is 3. The van der Waals surface area contributed by atoms with E-state index in [1.165, 1.54) is 148 Å². The summed E-state index contributed by atoms with van der Waals surface area (Å²) in [5.41, 5.74) is 0. The maximum Gasteiger partial charge on any atom is 0.306 e. The van der Waals surface area contributed by atoms with Crippen molar-refractivity contribution in [2.24, 2.45) is 0 Å². The largest absolute Gasteiger partial charge is 0.462 e. The van der Waals surface area contributed by atoms with Gasteiger partial charge in [-0.3, -0.25) is 14.4 Å². The van der Waals surface area contributed by atoms with Gasteiger partial charge >= 0.3 is 17.9 Å². The predicted octanol–water partition coefficient (Wildman–Crippen LogP) is 20.3. The fraction of sp³-hybridized carbons (Fsp3) is 0.738. The Hall–Kier alpha value is -3.41. The van der Waals surface area contributed by atoms with Crippen LogP contribution in [-0.2, 0) is 28.6 Å². The lowest BCUT2D eigenvalue weighted by atomic mass is 10.1. The molecule has 0 aromatic carbocycles. The molecule has 0 heterocycles. The zero-order valence-electron chi connectivity index (χ0n) is 46.7. The Bertz CT molecular complexity index is 1370. The van der Waals surface area contributed by atoms with Crippen LogP contribution < -0.4 is 0 Å². The van der Waals surface area contributed by atoms with E-state index in [4.69, 9.17) is 14.2 Å². The lowest BCUT2D eigenvalue weighted by Gasteiger charge is -2.18. The Morgan fingerprint density at radius 3 is 0.901 bits per heavy atom. The van der Waals surface area contributed by atoms with Crippen LogP contribution in [0.2, 0.25) is 0 Å². The molecule has 0 saturated carbocycles. The zero-order chi connectivity index (χ0) is 51.4. The molecule has 0 aromatic rings. The second-order valence-electron chi connectivity index (χ2n) is 19.9. The molecule has 0 rings (SSSR count). The molecule has 0 aliphatic heterocycles. The van der Waals surface area contributed by atoms with Crippen molar-refractivity contribution in [3.05, 3.63) is 85.1 Å². The molecule has 0 aliphatic rings. The monoisotopic (exact) mass is 989 g/mol. The van der Waals surface area contributed by atoms with Crippen LogP contribution in [0.5, 0.6) is 0 Å². The fourth-order valence-corrected chi connectivity index (χ4v) is 8.34. The van der Waals surface area contributed by atoms with Crippen molar-refractivity contribution in [3.8, 4) is 0 Å². The highest BCUT2D eigenvalue weighted by Gasteiger charge is 2.19. The molecule has 6 heteroatoms. The van der Waals surface area contributed by atoms with Gasteiger partial charge in [0.05, 0.1) is 0 Å².